The molecular formula is C17H19N3O3. The lowest BCUT2D eigenvalue weighted by Gasteiger charge is -2.16. The van der Waals surface area contributed by atoms with Crippen LogP contribution in [0, 0.1) is 11.8 Å². The summed E-state index contributed by atoms with van der Waals surface area (Å²) in [4.78, 5) is 15.9. The van der Waals surface area contributed by atoms with E-state index in [4.69, 9.17) is 9.47 Å². The first-order chi connectivity index (χ1) is 11.3. The van der Waals surface area contributed by atoms with Crippen LogP contribution in [0.2, 0.25) is 0 Å². The second kappa shape index (κ2) is 8.61. The van der Waals surface area contributed by atoms with Gasteiger partial charge in [-0.05, 0) is 31.9 Å². The van der Waals surface area contributed by atoms with Crippen molar-refractivity contribution in [3.8, 4) is 23.3 Å². The zero-order chi connectivity index (χ0) is 16.5. The fourth-order valence-electron chi connectivity index (χ4n) is 2.00. The van der Waals surface area contributed by atoms with Crippen LogP contribution in [-0.4, -0.2) is 35.3 Å². The molecule has 0 aliphatic rings. The number of rotatable bonds is 7. The fourth-order valence-corrected chi connectivity index (χ4v) is 2.00. The number of nitrogens with one attached hydrogen (secondary N) is 1. The molecule has 23 heavy (non-hydrogen) atoms. The summed E-state index contributed by atoms with van der Waals surface area (Å²) in [6, 6.07) is 5.51. The molecule has 1 aromatic carbocycles. The number of carbonyl (C=O) groups excluding carboxylic acids is 1. The van der Waals surface area contributed by atoms with E-state index in [2.05, 4.69) is 22.1 Å². The number of benzene rings is 1. The van der Waals surface area contributed by atoms with Crippen LogP contribution >= 0.6 is 0 Å². The second-order valence-electron chi connectivity index (χ2n) is 4.49. The van der Waals surface area contributed by atoms with E-state index in [-0.39, 0.29) is 0 Å². The summed E-state index contributed by atoms with van der Waals surface area (Å²) in [5, 5.41) is 2.78. The van der Waals surface area contributed by atoms with Crippen LogP contribution in [0.25, 0.3) is 5.69 Å². The summed E-state index contributed by atoms with van der Waals surface area (Å²) in [5.41, 5.74) is 1.30. The van der Waals surface area contributed by atoms with Crippen LogP contribution in [0.4, 0.5) is 5.69 Å². The summed E-state index contributed by atoms with van der Waals surface area (Å²) in [6.07, 6.45) is 5.11. The van der Waals surface area contributed by atoms with Crippen LogP contribution in [0.15, 0.2) is 36.9 Å². The molecule has 0 radical (unpaired) electrons. The molecule has 0 saturated heterocycles. The number of hydrogen-bond donors (Lipinski definition) is 1. The smallest absolute Gasteiger partial charge is 0.300 e. The van der Waals surface area contributed by atoms with Gasteiger partial charge in [-0.15, -0.1) is 0 Å². The molecule has 0 aliphatic heterocycles. The summed E-state index contributed by atoms with van der Waals surface area (Å²) in [5.74, 6) is 5.21. The molecule has 0 bridgehead atoms. The molecule has 0 aliphatic carbocycles. The van der Waals surface area contributed by atoms with Crippen LogP contribution < -0.4 is 10.1 Å². The van der Waals surface area contributed by atoms with Gasteiger partial charge in [0.2, 0.25) is 0 Å². The topological polar surface area (TPSA) is 65.4 Å². The SMILES string of the molecule is CC#CC(=O)Nc1c(OCCOCC)cccc1-n1ccnc1. The maximum Gasteiger partial charge on any atom is 0.300 e. The maximum atomic E-state index is 11.9. The highest BCUT2D eigenvalue weighted by molar-refractivity contribution is 6.06. The zero-order valence-electron chi connectivity index (χ0n) is 13.2. The van der Waals surface area contributed by atoms with Gasteiger partial charge in [-0.2, -0.15) is 0 Å². The highest BCUT2D eigenvalue weighted by Crippen LogP contribution is 2.31. The third-order valence-corrected chi connectivity index (χ3v) is 2.95. The van der Waals surface area contributed by atoms with E-state index in [1.165, 1.54) is 0 Å². The standard InChI is InChI=1S/C17H19N3O3/c1-3-6-16(21)19-17-14(20-10-9-18-13-20)7-5-8-15(17)23-12-11-22-4-2/h5,7-10,13H,4,11-12H2,1-2H3,(H,19,21). The Labute approximate surface area is 135 Å². The van der Waals surface area contributed by atoms with Crippen molar-refractivity contribution < 1.29 is 14.3 Å². The molecule has 1 heterocycles. The maximum absolute atomic E-state index is 11.9. The molecule has 0 saturated carbocycles. The third kappa shape index (κ3) is 4.59. The van der Waals surface area contributed by atoms with Crippen molar-refractivity contribution in [3.05, 3.63) is 36.9 Å². The Balaban J connectivity index is 2.30. The van der Waals surface area contributed by atoms with Crippen molar-refractivity contribution in [1.29, 1.82) is 0 Å². The molecule has 6 heteroatoms. The normalized spacial score (nSPS) is 9.83. The van der Waals surface area contributed by atoms with E-state index < -0.39 is 5.91 Å². The van der Waals surface area contributed by atoms with Crippen LogP contribution in [0.3, 0.4) is 0 Å². The van der Waals surface area contributed by atoms with Gasteiger partial charge in [-0.3, -0.25) is 4.79 Å². The van der Waals surface area contributed by atoms with Gasteiger partial charge in [0.05, 0.1) is 18.6 Å². The van der Waals surface area contributed by atoms with Crippen LogP contribution in [0.5, 0.6) is 5.75 Å². The Morgan fingerprint density at radius 3 is 2.96 bits per heavy atom. The number of nitrogens with zero attached hydrogens (tertiary/aromatic N) is 2. The van der Waals surface area contributed by atoms with E-state index in [1.807, 2.05) is 19.1 Å². The van der Waals surface area contributed by atoms with E-state index in [0.717, 1.165) is 5.69 Å². The number of amides is 1. The van der Waals surface area contributed by atoms with Crippen molar-refractivity contribution in [3.63, 3.8) is 0 Å². The zero-order valence-corrected chi connectivity index (χ0v) is 13.2. The summed E-state index contributed by atoms with van der Waals surface area (Å²) < 4.78 is 12.8. The quantitative estimate of drug-likeness (QED) is 0.629. The molecule has 0 spiro atoms. The Morgan fingerprint density at radius 2 is 2.26 bits per heavy atom. The summed E-state index contributed by atoms with van der Waals surface area (Å²) in [7, 11) is 0. The van der Waals surface area contributed by atoms with Crippen molar-refractivity contribution in [2.45, 2.75) is 13.8 Å². The van der Waals surface area contributed by atoms with Gasteiger partial charge in [0.1, 0.15) is 18.0 Å². The molecule has 120 valence electrons. The molecule has 0 fully saturated rings. The average Bonchev–Trinajstić information content (AvgIpc) is 3.07. The molecule has 0 atom stereocenters. The van der Waals surface area contributed by atoms with Gasteiger partial charge in [0, 0.05) is 19.0 Å². The van der Waals surface area contributed by atoms with E-state index in [1.54, 1.807) is 36.3 Å². The Kier molecular flexibility index (Phi) is 6.21. The molecule has 1 aromatic heterocycles. The number of anilines is 1. The molecular weight excluding hydrogens is 294 g/mol. The van der Waals surface area contributed by atoms with Gasteiger partial charge in [-0.1, -0.05) is 12.0 Å². The first kappa shape index (κ1) is 16.6. The number of para-hydroxylation sites is 1. The number of carbonyl (C=O) groups is 1. The molecule has 1 N–H and O–H groups in total. The van der Waals surface area contributed by atoms with Crippen LogP contribution in [-0.2, 0) is 9.53 Å². The van der Waals surface area contributed by atoms with Crippen molar-refractivity contribution in [2.24, 2.45) is 0 Å². The highest BCUT2D eigenvalue weighted by atomic mass is 16.5. The molecule has 0 unspecified atom stereocenters. The van der Waals surface area contributed by atoms with Crippen molar-refractivity contribution >= 4 is 11.6 Å². The number of hydrogen-bond acceptors (Lipinski definition) is 4. The highest BCUT2D eigenvalue weighted by Gasteiger charge is 2.13. The Bertz CT molecular complexity index is 700. The second-order valence-corrected chi connectivity index (χ2v) is 4.49. The summed E-state index contributed by atoms with van der Waals surface area (Å²) in [6.45, 7) is 5.04. The van der Waals surface area contributed by atoms with E-state index in [9.17, 15) is 4.79 Å². The predicted octanol–water partition coefficient (Wildman–Crippen LogP) is 2.25. The van der Waals surface area contributed by atoms with E-state index >= 15 is 0 Å². The molecule has 2 aromatic rings. The van der Waals surface area contributed by atoms with Gasteiger partial charge in [-0.25, -0.2) is 4.98 Å². The Hall–Kier alpha value is -2.78. The van der Waals surface area contributed by atoms with Gasteiger partial charge >= 0.3 is 0 Å². The van der Waals surface area contributed by atoms with Gasteiger partial charge < -0.3 is 19.4 Å². The lowest BCUT2D eigenvalue weighted by atomic mass is 10.2. The lowest BCUT2D eigenvalue weighted by Crippen LogP contribution is -2.14. The first-order valence-electron chi connectivity index (χ1n) is 7.32. The number of ether oxygens (including phenoxy) is 2. The summed E-state index contributed by atoms with van der Waals surface area (Å²) >= 11 is 0. The third-order valence-electron chi connectivity index (χ3n) is 2.95. The predicted molar refractivity (Wildman–Crippen MR) is 87.6 cm³/mol. The van der Waals surface area contributed by atoms with Crippen molar-refractivity contribution in [1.82, 2.24) is 9.55 Å². The first-order valence-corrected chi connectivity index (χ1v) is 7.32. The molecule has 1 amide bonds. The van der Waals surface area contributed by atoms with E-state index in [0.29, 0.717) is 31.3 Å². The average molecular weight is 313 g/mol. The number of aromatic nitrogens is 2. The Morgan fingerprint density at radius 1 is 1.39 bits per heavy atom. The monoisotopic (exact) mass is 313 g/mol. The van der Waals surface area contributed by atoms with Gasteiger partial charge in [0.15, 0.2) is 0 Å². The fraction of sp³-hybridized carbons (Fsp3) is 0.294. The molecule has 6 nitrogen and oxygen atoms in total. The van der Waals surface area contributed by atoms with Crippen LogP contribution in [0.1, 0.15) is 13.8 Å². The van der Waals surface area contributed by atoms with Gasteiger partial charge in [0.25, 0.3) is 5.91 Å². The minimum atomic E-state index is -0.394. The molecule has 2 rings (SSSR count). The minimum Gasteiger partial charge on any atom is -0.489 e. The largest absolute Gasteiger partial charge is 0.489 e. The lowest BCUT2D eigenvalue weighted by molar-refractivity contribution is -0.111. The minimum absolute atomic E-state index is 0.392. The number of imidazole rings is 1. The van der Waals surface area contributed by atoms with Crippen molar-refractivity contribution in [2.75, 3.05) is 25.1 Å².